The summed E-state index contributed by atoms with van der Waals surface area (Å²) in [6.07, 6.45) is 0. The Hall–Kier alpha value is -3.59. The lowest BCUT2D eigenvalue weighted by molar-refractivity contribution is 0.660. The molecule has 1 heterocycles. The molecule has 3 heteroatoms. The first-order valence-electron chi connectivity index (χ1n) is 9.11. The number of hydrogen-bond donors (Lipinski definition) is 0. The molecule has 4 aromatic carbocycles. The molecule has 0 fully saturated rings. The second-order valence-electron chi connectivity index (χ2n) is 6.84. The van der Waals surface area contributed by atoms with Gasteiger partial charge in [0.15, 0.2) is 0 Å². The molecule has 0 N–H and O–H groups in total. The summed E-state index contributed by atoms with van der Waals surface area (Å²) in [5.74, 6) is 0. The molecule has 130 valence electrons. The number of para-hydroxylation sites is 1. The van der Waals surface area contributed by atoms with Crippen LogP contribution in [0.1, 0.15) is 0 Å². The summed E-state index contributed by atoms with van der Waals surface area (Å²) in [5.41, 5.74) is 6.08. The van der Waals surface area contributed by atoms with Gasteiger partial charge in [0.1, 0.15) is 19.0 Å². The highest BCUT2D eigenvalue weighted by Crippen LogP contribution is 2.28. The molecule has 0 unspecified atom stereocenters. The Bertz CT molecular complexity index is 1400. The van der Waals surface area contributed by atoms with Crippen molar-refractivity contribution in [2.24, 2.45) is 0 Å². The van der Waals surface area contributed by atoms with Crippen LogP contribution in [0.4, 0.5) is 0 Å². The number of fused-ring (bicyclic) bond motifs is 2. The molecule has 2 radical (unpaired) electrons. The van der Waals surface area contributed by atoms with Crippen molar-refractivity contribution in [1.82, 2.24) is 0 Å². The third kappa shape index (κ3) is 2.82. The molecule has 28 heavy (non-hydrogen) atoms. The van der Waals surface area contributed by atoms with E-state index in [0.717, 1.165) is 27.7 Å². The summed E-state index contributed by atoms with van der Waals surface area (Å²) in [5, 5.41) is 1.19. The fourth-order valence-electron chi connectivity index (χ4n) is 3.58. The van der Waals surface area contributed by atoms with Crippen LogP contribution < -0.4 is 10.9 Å². The van der Waals surface area contributed by atoms with Gasteiger partial charge in [0.2, 0.25) is 5.43 Å². The molecule has 2 nitrogen and oxygen atoms in total. The molecule has 5 aromatic rings. The normalized spacial score (nSPS) is 11.1. The summed E-state index contributed by atoms with van der Waals surface area (Å²) in [6, 6.07) is 29.1. The van der Waals surface area contributed by atoms with Crippen LogP contribution in [0.5, 0.6) is 0 Å². The van der Waals surface area contributed by atoms with Crippen LogP contribution in [0.2, 0.25) is 0 Å². The summed E-state index contributed by atoms with van der Waals surface area (Å²) in [7, 11) is 5.92. The highest BCUT2D eigenvalue weighted by atomic mass is 16.3. The first-order chi connectivity index (χ1) is 13.7. The third-order valence-corrected chi connectivity index (χ3v) is 4.99. The van der Waals surface area contributed by atoms with Crippen LogP contribution >= 0.6 is 0 Å². The Labute approximate surface area is 163 Å². The minimum Gasteiger partial charge on any atom is -0.456 e. The lowest BCUT2D eigenvalue weighted by Gasteiger charge is -2.08. The molecule has 0 spiro atoms. The van der Waals surface area contributed by atoms with Gasteiger partial charge in [-0.2, -0.15) is 0 Å². The standard InChI is InChI=1S/C25H15BO2/c26-20-8-4-7-18(14-20)16-5-3-6-17(13-16)19-11-12-24-22(15-19)25(27)21-9-1-2-10-23(21)28-24/h1-15H. The van der Waals surface area contributed by atoms with E-state index in [9.17, 15) is 4.79 Å². The van der Waals surface area contributed by atoms with Crippen LogP contribution in [-0.2, 0) is 0 Å². The molecule has 1 aromatic heterocycles. The van der Waals surface area contributed by atoms with Gasteiger partial charge in [-0.25, -0.2) is 0 Å². The fourth-order valence-corrected chi connectivity index (χ4v) is 3.58. The lowest BCUT2D eigenvalue weighted by Crippen LogP contribution is -2.02. The van der Waals surface area contributed by atoms with Crippen molar-refractivity contribution in [3.05, 3.63) is 101 Å². The van der Waals surface area contributed by atoms with Crippen molar-refractivity contribution in [3.8, 4) is 22.3 Å². The van der Waals surface area contributed by atoms with Crippen molar-refractivity contribution < 1.29 is 4.42 Å². The first-order valence-corrected chi connectivity index (χ1v) is 9.11. The van der Waals surface area contributed by atoms with E-state index in [1.165, 1.54) is 0 Å². The van der Waals surface area contributed by atoms with Crippen LogP contribution in [-0.4, -0.2) is 7.85 Å². The molecule has 0 bridgehead atoms. The monoisotopic (exact) mass is 358 g/mol. The van der Waals surface area contributed by atoms with Gasteiger partial charge in [-0.15, -0.1) is 0 Å². The van der Waals surface area contributed by atoms with Crippen molar-refractivity contribution in [2.75, 3.05) is 0 Å². The molecule has 5 rings (SSSR count). The average molecular weight is 358 g/mol. The van der Waals surface area contributed by atoms with Gasteiger partial charge in [-0.3, -0.25) is 4.79 Å². The molecule has 0 atom stereocenters. The van der Waals surface area contributed by atoms with Gasteiger partial charge in [-0.1, -0.05) is 66.1 Å². The fraction of sp³-hybridized carbons (Fsp3) is 0. The van der Waals surface area contributed by atoms with Crippen LogP contribution in [0.15, 0.2) is 100 Å². The smallest absolute Gasteiger partial charge is 0.200 e. The maximum absolute atomic E-state index is 12.9. The van der Waals surface area contributed by atoms with E-state index in [-0.39, 0.29) is 5.43 Å². The average Bonchev–Trinajstić information content (AvgIpc) is 2.74. The van der Waals surface area contributed by atoms with Gasteiger partial charge >= 0.3 is 0 Å². The van der Waals surface area contributed by atoms with E-state index in [2.05, 4.69) is 12.1 Å². The van der Waals surface area contributed by atoms with Crippen molar-refractivity contribution >= 4 is 35.2 Å². The number of hydrogen-bond acceptors (Lipinski definition) is 2. The summed E-state index contributed by atoms with van der Waals surface area (Å²) in [4.78, 5) is 12.9. The molecule has 0 saturated carbocycles. The molecule has 0 aliphatic rings. The number of benzene rings is 4. The Morgan fingerprint density at radius 1 is 0.571 bits per heavy atom. The summed E-state index contributed by atoms with van der Waals surface area (Å²) >= 11 is 0. The molecular weight excluding hydrogens is 343 g/mol. The van der Waals surface area contributed by atoms with Crippen molar-refractivity contribution in [1.29, 1.82) is 0 Å². The van der Waals surface area contributed by atoms with E-state index in [4.69, 9.17) is 12.3 Å². The van der Waals surface area contributed by atoms with Crippen LogP contribution in [0.25, 0.3) is 44.2 Å². The molecule has 0 aliphatic heterocycles. The van der Waals surface area contributed by atoms with Gasteiger partial charge in [0.05, 0.1) is 10.8 Å². The largest absolute Gasteiger partial charge is 0.456 e. The van der Waals surface area contributed by atoms with E-state index < -0.39 is 0 Å². The zero-order chi connectivity index (χ0) is 19.1. The first kappa shape index (κ1) is 16.6. The van der Waals surface area contributed by atoms with Crippen molar-refractivity contribution in [3.63, 3.8) is 0 Å². The van der Waals surface area contributed by atoms with Crippen LogP contribution in [0.3, 0.4) is 0 Å². The maximum atomic E-state index is 12.9. The zero-order valence-corrected chi connectivity index (χ0v) is 15.1. The van der Waals surface area contributed by atoms with Gasteiger partial charge in [0.25, 0.3) is 0 Å². The Morgan fingerprint density at radius 2 is 1.21 bits per heavy atom. The quantitative estimate of drug-likeness (QED) is 0.326. The predicted octanol–water partition coefficient (Wildman–Crippen LogP) is 5.07. The van der Waals surface area contributed by atoms with E-state index in [0.29, 0.717) is 21.9 Å². The second kappa shape index (κ2) is 6.54. The zero-order valence-electron chi connectivity index (χ0n) is 15.1. The molecular formula is C25H15BO2. The van der Waals surface area contributed by atoms with Gasteiger partial charge in [0, 0.05) is 0 Å². The lowest BCUT2D eigenvalue weighted by atomic mass is 9.91. The summed E-state index contributed by atoms with van der Waals surface area (Å²) in [6.45, 7) is 0. The van der Waals surface area contributed by atoms with E-state index in [1.54, 1.807) is 6.07 Å². The Morgan fingerprint density at radius 3 is 2.00 bits per heavy atom. The predicted molar refractivity (Wildman–Crippen MR) is 116 cm³/mol. The highest BCUT2D eigenvalue weighted by molar-refractivity contribution is 6.32. The topological polar surface area (TPSA) is 30.2 Å². The van der Waals surface area contributed by atoms with Crippen LogP contribution in [0, 0.1) is 0 Å². The van der Waals surface area contributed by atoms with Crippen molar-refractivity contribution in [2.45, 2.75) is 0 Å². The molecule has 0 amide bonds. The SMILES string of the molecule is [B]c1cccc(-c2cccc(-c3ccc4oc5ccccc5c(=O)c4c3)c2)c1. The minimum atomic E-state index is -0.00862. The Balaban J connectivity index is 1.67. The van der Waals surface area contributed by atoms with Gasteiger partial charge < -0.3 is 4.42 Å². The third-order valence-electron chi connectivity index (χ3n) is 4.99. The molecule has 0 saturated heterocycles. The maximum Gasteiger partial charge on any atom is 0.200 e. The van der Waals surface area contributed by atoms with E-state index >= 15 is 0 Å². The van der Waals surface area contributed by atoms with E-state index in [1.807, 2.05) is 72.8 Å². The minimum absolute atomic E-state index is 0.00862. The number of rotatable bonds is 2. The Kier molecular flexibility index (Phi) is 3.87. The second-order valence-corrected chi connectivity index (χ2v) is 6.84. The highest BCUT2D eigenvalue weighted by Gasteiger charge is 2.09. The molecule has 0 aliphatic carbocycles. The van der Waals surface area contributed by atoms with Gasteiger partial charge in [-0.05, 0) is 52.6 Å². The summed E-state index contributed by atoms with van der Waals surface area (Å²) < 4.78 is 5.91.